The molecule has 2 rings (SSSR count). The van der Waals surface area contributed by atoms with Gasteiger partial charge in [-0.25, -0.2) is 9.48 Å². The van der Waals surface area contributed by atoms with E-state index in [4.69, 9.17) is 9.84 Å². The molecule has 1 saturated heterocycles. The van der Waals surface area contributed by atoms with Gasteiger partial charge in [0.05, 0.1) is 18.4 Å². The van der Waals surface area contributed by atoms with Crippen molar-refractivity contribution >= 4 is 6.09 Å². The van der Waals surface area contributed by atoms with Crippen molar-refractivity contribution in [1.29, 1.82) is 0 Å². The van der Waals surface area contributed by atoms with Gasteiger partial charge in [-0.2, -0.15) is 0 Å². The molecular formula is C8H12N4O3. The maximum atomic E-state index is 11.1. The highest BCUT2D eigenvalue weighted by molar-refractivity contribution is 5.68. The number of amides is 1. The molecule has 1 aromatic heterocycles. The average Bonchev–Trinajstić information content (AvgIpc) is 2.79. The van der Waals surface area contributed by atoms with E-state index in [-0.39, 0.29) is 12.7 Å². The van der Waals surface area contributed by atoms with E-state index in [2.05, 4.69) is 10.3 Å². The Morgan fingerprint density at radius 3 is 3.13 bits per heavy atom. The molecule has 1 N–H and O–H groups in total. The fraction of sp³-hybridized carbons (Fsp3) is 0.625. The average molecular weight is 212 g/mol. The van der Waals surface area contributed by atoms with Crippen molar-refractivity contribution in [3.8, 4) is 0 Å². The van der Waals surface area contributed by atoms with Crippen LogP contribution >= 0.6 is 0 Å². The predicted octanol–water partition coefficient (Wildman–Crippen LogP) is -0.777. The number of aromatic nitrogens is 3. The van der Waals surface area contributed by atoms with E-state index in [0.717, 1.165) is 0 Å². The van der Waals surface area contributed by atoms with Gasteiger partial charge < -0.3 is 9.84 Å². The Bertz CT molecular complexity index is 351. The summed E-state index contributed by atoms with van der Waals surface area (Å²) in [4.78, 5) is 12.7. The highest BCUT2D eigenvalue weighted by Gasteiger charge is 2.22. The van der Waals surface area contributed by atoms with Gasteiger partial charge in [-0.05, 0) is 0 Å². The molecule has 82 valence electrons. The maximum absolute atomic E-state index is 11.1. The molecule has 1 fully saturated rings. The molecule has 0 atom stereocenters. The SMILES string of the molecule is O=C1OCCN1Cn1cc(CCO)nn1. The van der Waals surface area contributed by atoms with Crippen molar-refractivity contribution in [3.05, 3.63) is 11.9 Å². The Balaban J connectivity index is 1.95. The van der Waals surface area contributed by atoms with Crippen LogP contribution < -0.4 is 0 Å². The molecule has 0 bridgehead atoms. The van der Waals surface area contributed by atoms with Crippen molar-refractivity contribution < 1.29 is 14.6 Å². The summed E-state index contributed by atoms with van der Waals surface area (Å²) in [5.41, 5.74) is 0.713. The molecule has 7 heteroatoms. The zero-order valence-corrected chi connectivity index (χ0v) is 8.17. The normalized spacial score (nSPS) is 15.8. The highest BCUT2D eigenvalue weighted by Crippen LogP contribution is 2.05. The first-order valence-electron chi connectivity index (χ1n) is 4.71. The second-order valence-electron chi connectivity index (χ2n) is 3.24. The molecule has 1 aliphatic heterocycles. The molecule has 0 unspecified atom stereocenters. The van der Waals surface area contributed by atoms with Crippen LogP contribution in [0, 0.1) is 0 Å². The smallest absolute Gasteiger partial charge is 0.411 e. The molecule has 15 heavy (non-hydrogen) atoms. The van der Waals surface area contributed by atoms with Crippen molar-refractivity contribution in [2.24, 2.45) is 0 Å². The van der Waals surface area contributed by atoms with Crippen molar-refractivity contribution in [2.75, 3.05) is 19.8 Å². The first-order chi connectivity index (χ1) is 7.29. The van der Waals surface area contributed by atoms with Gasteiger partial charge in [-0.15, -0.1) is 5.10 Å². The third-order valence-electron chi connectivity index (χ3n) is 2.11. The number of aliphatic hydroxyl groups is 1. The molecule has 1 amide bonds. The predicted molar refractivity (Wildman–Crippen MR) is 48.9 cm³/mol. The summed E-state index contributed by atoms with van der Waals surface area (Å²) in [6.45, 7) is 1.40. The van der Waals surface area contributed by atoms with Crippen LogP contribution in [0.3, 0.4) is 0 Å². The monoisotopic (exact) mass is 212 g/mol. The lowest BCUT2D eigenvalue weighted by Crippen LogP contribution is -2.27. The summed E-state index contributed by atoms with van der Waals surface area (Å²) in [5, 5.41) is 16.4. The summed E-state index contributed by atoms with van der Waals surface area (Å²) >= 11 is 0. The van der Waals surface area contributed by atoms with Crippen molar-refractivity contribution in [1.82, 2.24) is 19.9 Å². The quantitative estimate of drug-likeness (QED) is 0.708. The van der Waals surface area contributed by atoms with Crippen LogP contribution in [0.5, 0.6) is 0 Å². The van der Waals surface area contributed by atoms with Gasteiger partial charge in [0.15, 0.2) is 0 Å². The molecule has 1 aliphatic rings. The number of carbonyl (C=O) groups is 1. The standard InChI is InChI=1S/C8H12N4O3/c13-3-1-7-5-12(10-9-7)6-11-2-4-15-8(11)14/h5,13H,1-4,6H2. The Kier molecular flexibility index (Phi) is 2.82. The zero-order chi connectivity index (χ0) is 10.7. The number of ether oxygens (including phenoxy) is 1. The van der Waals surface area contributed by atoms with E-state index < -0.39 is 0 Å². The van der Waals surface area contributed by atoms with Gasteiger partial charge in [0.25, 0.3) is 0 Å². The van der Waals surface area contributed by atoms with E-state index in [1.807, 2.05) is 0 Å². The van der Waals surface area contributed by atoms with Gasteiger partial charge in [0.1, 0.15) is 13.3 Å². The Hall–Kier alpha value is -1.63. The van der Waals surface area contributed by atoms with Gasteiger partial charge >= 0.3 is 6.09 Å². The lowest BCUT2D eigenvalue weighted by molar-refractivity contribution is 0.149. The van der Waals surface area contributed by atoms with E-state index >= 15 is 0 Å². The van der Waals surface area contributed by atoms with Crippen LogP contribution in [0.2, 0.25) is 0 Å². The van der Waals surface area contributed by atoms with Gasteiger partial charge in [0.2, 0.25) is 0 Å². The van der Waals surface area contributed by atoms with Crippen molar-refractivity contribution in [3.63, 3.8) is 0 Å². The minimum absolute atomic E-state index is 0.0461. The second-order valence-corrected chi connectivity index (χ2v) is 3.24. The molecule has 0 aliphatic carbocycles. The van der Waals surface area contributed by atoms with E-state index in [0.29, 0.717) is 31.9 Å². The van der Waals surface area contributed by atoms with E-state index in [1.54, 1.807) is 10.9 Å². The summed E-state index contributed by atoms with van der Waals surface area (Å²) in [6, 6.07) is 0. The minimum atomic E-state index is -0.325. The van der Waals surface area contributed by atoms with E-state index in [9.17, 15) is 4.79 Å². The molecule has 0 aromatic carbocycles. The topological polar surface area (TPSA) is 80.5 Å². The van der Waals surface area contributed by atoms with Gasteiger partial charge in [-0.3, -0.25) is 4.90 Å². The zero-order valence-electron chi connectivity index (χ0n) is 8.17. The highest BCUT2D eigenvalue weighted by atomic mass is 16.6. The number of aliphatic hydroxyl groups excluding tert-OH is 1. The Morgan fingerprint density at radius 1 is 1.60 bits per heavy atom. The van der Waals surface area contributed by atoms with Crippen LogP contribution in [0.1, 0.15) is 5.69 Å². The van der Waals surface area contributed by atoms with Gasteiger partial charge in [0, 0.05) is 13.0 Å². The summed E-state index contributed by atoms with van der Waals surface area (Å²) < 4.78 is 6.33. The lowest BCUT2D eigenvalue weighted by Gasteiger charge is -2.10. The first kappa shape index (κ1) is 9.91. The molecular weight excluding hydrogens is 200 g/mol. The van der Waals surface area contributed by atoms with Crippen LogP contribution in [0.25, 0.3) is 0 Å². The van der Waals surface area contributed by atoms with Crippen LogP contribution in [-0.2, 0) is 17.8 Å². The number of carbonyl (C=O) groups excluding carboxylic acids is 1. The minimum Gasteiger partial charge on any atom is -0.447 e. The first-order valence-corrected chi connectivity index (χ1v) is 4.71. The summed E-state index contributed by atoms with van der Waals surface area (Å²) in [6.07, 6.45) is 1.86. The second kappa shape index (κ2) is 4.26. The number of hydrogen-bond donors (Lipinski definition) is 1. The summed E-state index contributed by atoms with van der Waals surface area (Å²) in [7, 11) is 0. The van der Waals surface area contributed by atoms with Crippen LogP contribution in [0.15, 0.2) is 6.20 Å². The molecule has 2 heterocycles. The Morgan fingerprint density at radius 2 is 2.47 bits per heavy atom. The summed E-state index contributed by atoms with van der Waals surface area (Å²) in [5.74, 6) is 0. The molecule has 7 nitrogen and oxygen atoms in total. The molecule has 0 radical (unpaired) electrons. The third-order valence-corrected chi connectivity index (χ3v) is 2.11. The fourth-order valence-electron chi connectivity index (χ4n) is 1.37. The molecule has 0 saturated carbocycles. The molecule has 1 aromatic rings. The largest absolute Gasteiger partial charge is 0.447 e. The van der Waals surface area contributed by atoms with E-state index in [1.165, 1.54) is 4.90 Å². The van der Waals surface area contributed by atoms with Crippen LogP contribution in [0.4, 0.5) is 4.79 Å². The maximum Gasteiger partial charge on any atom is 0.411 e. The number of rotatable bonds is 4. The molecule has 0 spiro atoms. The lowest BCUT2D eigenvalue weighted by atomic mass is 10.3. The van der Waals surface area contributed by atoms with Gasteiger partial charge in [-0.1, -0.05) is 5.21 Å². The number of nitrogens with zero attached hydrogens (tertiary/aromatic N) is 4. The fourth-order valence-corrected chi connectivity index (χ4v) is 1.37. The Labute approximate surface area is 86.2 Å². The number of cyclic esters (lactones) is 1. The van der Waals surface area contributed by atoms with Crippen molar-refractivity contribution in [2.45, 2.75) is 13.1 Å². The van der Waals surface area contributed by atoms with Crippen LogP contribution in [-0.4, -0.2) is 50.9 Å². The third kappa shape index (κ3) is 2.24. The number of hydrogen-bond acceptors (Lipinski definition) is 5.